The van der Waals surface area contributed by atoms with Gasteiger partial charge in [0.2, 0.25) is 0 Å². The fraction of sp³-hybridized carbons (Fsp3) is 0.222. The van der Waals surface area contributed by atoms with Crippen molar-refractivity contribution in [3.8, 4) is 11.5 Å². The number of carbonyl (C=O) groups is 1. The van der Waals surface area contributed by atoms with Crippen LogP contribution >= 0.6 is 0 Å². The minimum atomic E-state index is -1.25. The number of carboxylic acids is 1. The highest BCUT2D eigenvalue weighted by Gasteiger charge is 2.24. The van der Waals surface area contributed by atoms with Gasteiger partial charge >= 0.3 is 5.97 Å². The summed E-state index contributed by atoms with van der Waals surface area (Å²) in [7, 11) is 0. The van der Waals surface area contributed by atoms with E-state index in [9.17, 15) is 14.3 Å². The maximum absolute atomic E-state index is 12.7. The van der Waals surface area contributed by atoms with E-state index in [1.54, 1.807) is 0 Å². The first-order chi connectivity index (χ1) is 6.99. The number of aromatic hydroxyl groups is 2. The number of phenols is 2. The number of halogens is 1. The van der Waals surface area contributed by atoms with Crippen LogP contribution < -0.4 is 5.73 Å². The molecule has 0 aliphatic heterocycles. The molecule has 82 valence electrons. The van der Waals surface area contributed by atoms with Crippen molar-refractivity contribution in [2.75, 3.05) is 6.54 Å². The van der Waals surface area contributed by atoms with Gasteiger partial charge < -0.3 is 21.1 Å². The van der Waals surface area contributed by atoms with Gasteiger partial charge in [0.1, 0.15) is 0 Å². The van der Waals surface area contributed by atoms with Gasteiger partial charge in [0, 0.05) is 12.1 Å². The Balaban J connectivity index is 3.25. The number of hydrogen-bond donors (Lipinski definition) is 4. The number of benzene rings is 1. The van der Waals surface area contributed by atoms with Crippen LogP contribution in [0.2, 0.25) is 0 Å². The molecule has 0 aliphatic carbocycles. The highest BCUT2D eigenvalue weighted by Crippen LogP contribution is 2.35. The molecule has 5 nitrogen and oxygen atoms in total. The van der Waals surface area contributed by atoms with Crippen molar-refractivity contribution in [3.05, 3.63) is 23.5 Å². The quantitative estimate of drug-likeness (QED) is 0.545. The molecular weight excluding hydrogens is 205 g/mol. The maximum Gasteiger partial charge on any atom is 0.312 e. The van der Waals surface area contributed by atoms with Crippen LogP contribution in [0.5, 0.6) is 11.5 Å². The van der Waals surface area contributed by atoms with Gasteiger partial charge in [0.25, 0.3) is 0 Å². The second-order valence-electron chi connectivity index (χ2n) is 2.96. The van der Waals surface area contributed by atoms with Crippen molar-refractivity contribution in [3.63, 3.8) is 0 Å². The molecule has 1 rings (SSSR count). The third-order valence-corrected chi connectivity index (χ3v) is 2.04. The molecule has 0 radical (unpaired) electrons. The van der Waals surface area contributed by atoms with Gasteiger partial charge in [0.15, 0.2) is 17.3 Å². The first-order valence-electron chi connectivity index (χ1n) is 4.12. The van der Waals surface area contributed by atoms with Crippen LogP contribution in [-0.2, 0) is 4.79 Å². The molecule has 0 aliphatic rings. The lowest BCUT2D eigenvalue weighted by Gasteiger charge is -2.12. The van der Waals surface area contributed by atoms with Crippen LogP contribution in [0.15, 0.2) is 12.1 Å². The summed E-state index contributed by atoms with van der Waals surface area (Å²) in [5, 5.41) is 27.1. The number of aliphatic carboxylic acids is 1. The third-order valence-electron chi connectivity index (χ3n) is 2.04. The monoisotopic (exact) mass is 215 g/mol. The Bertz CT molecular complexity index is 394. The lowest BCUT2D eigenvalue weighted by molar-refractivity contribution is -0.138. The van der Waals surface area contributed by atoms with Crippen molar-refractivity contribution >= 4 is 5.97 Å². The number of carboxylic acid groups (broad SMARTS) is 1. The predicted molar refractivity (Wildman–Crippen MR) is 49.2 cm³/mol. The number of hydrogen-bond acceptors (Lipinski definition) is 4. The molecule has 1 unspecified atom stereocenters. The van der Waals surface area contributed by atoms with E-state index in [-0.39, 0.29) is 12.1 Å². The van der Waals surface area contributed by atoms with E-state index in [0.29, 0.717) is 0 Å². The average molecular weight is 215 g/mol. The molecule has 15 heavy (non-hydrogen) atoms. The summed E-state index contributed by atoms with van der Waals surface area (Å²) in [6.45, 7) is -0.256. The first-order valence-corrected chi connectivity index (χ1v) is 4.12. The van der Waals surface area contributed by atoms with E-state index < -0.39 is 29.2 Å². The van der Waals surface area contributed by atoms with E-state index in [1.165, 1.54) is 0 Å². The first kappa shape index (κ1) is 11.3. The molecule has 1 atom stereocenters. The summed E-state index contributed by atoms with van der Waals surface area (Å²) in [6, 6.07) is 1.95. The molecule has 6 heteroatoms. The molecule has 0 fully saturated rings. The normalized spacial score (nSPS) is 12.4. The fourth-order valence-electron chi connectivity index (χ4n) is 1.21. The van der Waals surface area contributed by atoms with E-state index in [2.05, 4.69) is 0 Å². The van der Waals surface area contributed by atoms with Gasteiger partial charge in [-0.05, 0) is 6.07 Å². The average Bonchev–Trinajstić information content (AvgIpc) is 2.18. The topological polar surface area (TPSA) is 104 Å². The molecule has 0 amide bonds. The Morgan fingerprint density at radius 1 is 1.40 bits per heavy atom. The summed E-state index contributed by atoms with van der Waals surface area (Å²) in [5.74, 6) is -5.19. The highest BCUT2D eigenvalue weighted by molar-refractivity contribution is 5.78. The van der Waals surface area contributed by atoms with E-state index in [1.807, 2.05) is 0 Å². The Labute approximate surface area is 84.6 Å². The number of rotatable bonds is 3. The molecule has 0 spiro atoms. The van der Waals surface area contributed by atoms with E-state index >= 15 is 0 Å². The molecule has 0 aromatic heterocycles. The number of phenolic OH excluding ortho intramolecular Hbond substituents is 2. The smallest absolute Gasteiger partial charge is 0.312 e. The van der Waals surface area contributed by atoms with Crippen LogP contribution in [0.4, 0.5) is 4.39 Å². The van der Waals surface area contributed by atoms with Gasteiger partial charge in [0.05, 0.1) is 5.92 Å². The largest absolute Gasteiger partial charge is 0.504 e. The summed E-state index contributed by atoms with van der Waals surface area (Å²) in [4.78, 5) is 10.7. The molecule has 0 saturated heterocycles. The van der Waals surface area contributed by atoms with Crippen molar-refractivity contribution in [1.29, 1.82) is 0 Å². The molecule has 1 aromatic carbocycles. The maximum atomic E-state index is 12.7. The Morgan fingerprint density at radius 3 is 2.47 bits per heavy atom. The van der Waals surface area contributed by atoms with Gasteiger partial charge in [-0.15, -0.1) is 0 Å². The minimum Gasteiger partial charge on any atom is -0.504 e. The van der Waals surface area contributed by atoms with Gasteiger partial charge in [-0.3, -0.25) is 4.79 Å². The van der Waals surface area contributed by atoms with Crippen LogP contribution in [0.1, 0.15) is 11.5 Å². The summed E-state index contributed by atoms with van der Waals surface area (Å²) >= 11 is 0. The SMILES string of the molecule is NCC(C(=O)O)c1ccc(F)c(O)c1O. The number of nitrogens with two attached hydrogens (primary N) is 1. The van der Waals surface area contributed by atoms with E-state index in [4.69, 9.17) is 15.9 Å². The van der Waals surface area contributed by atoms with E-state index in [0.717, 1.165) is 12.1 Å². The van der Waals surface area contributed by atoms with Crippen LogP contribution in [0, 0.1) is 5.82 Å². The van der Waals surface area contributed by atoms with Gasteiger partial charge in [-0.2, -0.15) is 0 Å². The highest BCUT2D eigenvalue weighted by atomic mass is 19.1. The summed E-state index contributed by atoms with van der Waals surface area (Å²) in [6.07, 6.45) is 0. The third kappa shape index (κ3) is 1.99. The lowest BCUT2D eigenvalue weighted by Crippen LogP contribution is -2.21. The molecule has 1 aromatic rings. The second kappa shape index (κ2) is 4.14. The minimum absolute atomic E-state index is 0.107. The molecule has 0 heterocycles. The van der Waals surface area contributed by atoms with Crippen LogP contribution in [0.3, 0.4) is 0 Å². The molecule has 5 N–H and O–H groups in total. The Morgan fingerprint density at radius 2 is 2.00 bits per heavy atom. The Kier molecular flexibility index (Phi) is 3.11. The van der Waals surface area contributed by atoms with Crippen LogP contribution in [-0.4, -0.2) is 27.8 Å². The summed E-state index contributed by atoms with van der Waals surface area (Å²) in [5.41, 5.74) is 5.09. The lowest BCUT2D eigenvalue weighted by atomic mass is 9.98. The van der Waals surface area contributed by atoms with Gasteiger partial charge in [-0.1, -0.05) is 6.07 Å². The standard InChI is InChI=1S/C9H10FNO4/c10-6-2-1-4(7(12)8(6)13)5(3-11)9(14)15/h1-2,5,12-13H,3,11H2,(H,14,15). The summed E-state index contributed by atoms with van der Waals surface area (Å²) < 4.78 is 12.7. The zero-order chi connectivity index (χ0) is 11.6. The molecular formula is C9H10FNO4. The van der Waals surface area contributed by atoms with Crippen molar-refractivity contribution in [2.45, 2.75) is 5.92 Å². The molecule has 0 saturated carbocycles. The van der Waals surface area contributed by atoms with Crippen LogP contribution in [0.25, 0.3) is 0 Å². The van der Waals surface area contributed by atoms with Crippen molar-refractivity contribution in [1.82, 2.24) is 0 Å². The molecule has 0 bridgehead atoms. The van der Waals surface area contributed by atoms with Crippen molar-refractivity contribution in [2.24, 2.45) is 5.73 Å². The zero-order valence-corrected chi connectivity index (χ0v) is 7.64. The van der Waals surface area contributed by atoms with Crippen molar-refractivity contribution < 1.29 is 24.5 Å². The second-order valence-corrected chi connectivity index (χ2v) is 2.96. The zero-order valence-electron chi connectivity index (χ0n) is 7.64. The fourth-order valence-corrected chi connectivity index (χ4v) is 1.21. The predicted octanol–water partition coefficient (Wildman–Crippen LogP) is 0.364. The Hall–Kier alpha value is -1.82. The van der Waals surface area contributed by atoms with Gasteiger partial charge in [-0.25, -0.2) is 4.39 Å².